The van der Waals surface area contributed by atoms with Gasteiger partial charge in [0, 0.05) is 45.6 Å². The van der Waals surface area contributed by atoms with Crippen LogP contribution in [0.2, 0.25) is 0 Å². The van der Waals surface area contributed by atoms with E-state index >= 15 is 0 Å². The van der Waals surface area contributed by atoms with E-state index in [1.54, 1.807) is 13.4 Å². The van der Waals surface area contributed by atoms with Crippen molar-refractivity contribution in [1.29, 1.82) is 0 Å². The number of ether oxygens (including phenoxy) is 1. The maximum absolute atomic E-state index is 5.50. The Morgan fingerprint density at radius 3 is 2.89 bits per heavy atom. The maximum atomic E-state index is 5.50. The van der Waals surface area contributed by atoms with Gasteiger partial charge in [0.15, 0.2) is 0 Å². The van der Waals surface area contributed by atoms with E-state index in [-0.39, 0.29) is 6.04 Å². The summed E-state index contributed by atoms with van der Waals surface area (Å²) in [4.78, 5) is 11.5. The van der Waals surface area contributed by atoms with Crippen LogP contribution >= 0.6 is 0 Å². The number of anilines is 1. The van der Waals surface area contributed by atoms with Gasteiger partial charge in [-0.3, -0.25) is 10.1 Å². The SMILES string of the molecule is CO[C@@H]1CCN(c2cc(C3NNC4CCC(c5cnn(C)c5)CC43)ncn2)C1. The summed E-state index contributed by atoms with van der Waals surface area (Å²) >= 11 is 0. The van der Waals surface area contributed by atoms with E-state index in [9.17, 15) is 0 Å². The second kappa shape index (κ2) is 7.42. The normalized spacial score (nSPS) is 32.6. The highest BCUT2D eigenvalue weighted by Gasteiger charge is 2.42. The van der Waals surface area contributed by atoms with Crippen molar-refractivity contribution in [2.45, 2.75) is 49.8 Å². The van der Waals surface area contributed by atoms with Crippen molar-refractivity contribution in [3.05, 3.63) is 36.0 Å². The largest absolute Gasteiger partial charge is 0.380 e. The lowest BCUT2D eigenvalue weighted by molar-refractivity contribution is 0.121. The molecule has 8 nitrogen and oxygen atoms in total. The Labute approximate surface area is 165 Å². The zero-order valence-corrected chi connectivity index (χ0v) is 16.6. The number of rotatable bonds is 4. The minimum Gasteiger partial charge on any atom is -0.380 e. The van der Waals surface area contributed by atoms with Crippen LogP contribution in [0, 0.1) is 5.92 Å². The standard InChI is InChI=1S/C20H29N7O/c1-26-10-14(9-23-26)13-3-4-17-16(7-13)20(25-24-17)18-8-19(22-12-21-18)27-6-5-15(11-27)28-2/h8-10,12-13,15-17,20,24-25H,3-7,11H2,1-2H3/t13?,15-,16?,17?,20?/m1/s1. The summed E-state index contributed by atoms with van der Waals surface area (Å²) in [6, 6.07) is 2.88. The molecule has 2 aromatic rings. The molecule has 28 heavy (non-hydrogen) atoms. The smallest absolute Gasteiger partial charge is 0.132 e. The molecule has 4 heterocycles. The van der Waals surface area contributed by atoms with E-state index in [0.29, 0.717) is 24.0 Å². The molecule has 3 aliphatic rings. The van der Waals surface area contributed by atoms with Crippen molar-refractivity contribution < 1.29 is 4.74 Å². The maximum Gasteiger partial charge on any atom is 0.132 e. The lowest BCUT2D eigenvalue weighted by atomic mass is 9.73. The molecule has 150 valence electrons. The predicted octanol–water partition coefficient (Wildman–Crippen LogP) is 1.54. The third kappa shape index (κ3) is 3.29. The fourth-order valence-electron chi connectivity index (χ4n) is 5.14. The van der Waals surface area contributed by atoms with Gasteiger partial charge in [0.05, 0.1) is 24.0 Å². The summed E-state index contributed by atoms with van der Waals surface area (Å²) in [5.41, 5.74) is 9.49. The van der Waals surface area contributed by atoms with Gasteiger partial charge in [-0.2, -0.15) is 5.10 Å². The zero-order chi connectivity index (χ0) is 19.1. The molecule has 1 aliphatic carbocycles. The molecule has 8 heteroatoms. The number of hydrogen-bond donors (Lipinski definition) is 2. The predicted molar refractivity (Wildman–Crippen MR) is 106 cm³/mol. The van der Waals surface area contributed by atoms with Crippen LogP contribution in [-0.4, -0.2) is 52.1 Å². The number of methoxy groups -OCH3 is 1. The molecular formula is C20H29N7O. The molecule has 4 unspecified atom stereocenters. The first-order chi connectivity index (χ1) is 13.7. The van der Waals surface area contributed by atoms with Gasteiger partial charge in [0.2, 0.25) is 0 Å². The van der Waals surface area contributed by atoms with Gasteiger partial charge in [-0.15, -0.1) is 0 Å². The quantitative estimate of drug-likeness (QED) is 0.829. The Hall–Kier alpha value is -2.03. The van der Waals surface area contributed by atoms with Crippen molar-refractivity contribution in [2.24, 2.45) is 13.0 Å². The van der Waals surface area contributed by atoms with E-state index in [1.807, 2.05) is 17.9 Å². The molecule has 0 bridgehead atoms. The molecule has 2 aromatic heterocycles. The number of hydrogen-bond acceptors (Lipinski definition) is 7. The Balaban J connectivity index is 1.34. The topological polar surface area (TPSA) is 80.1 Å². The molecule has 5 atom stereocenters. The second-order valence-electron chi connectivity index (χ2n) is 8.39. The van der Waals surface area contributed by atoms with Crippen LogP contribution in [0.3, 0.4) is 0 Å². The van der Waals surface area contributed by atoms with Crippen molar-refractivity contribution in [1.82, 2.24) is 30.6 Å². The van der Waals surface area contributed by atoms with Gasteiger partial charge in [-0.1, -0.05) is 0 Å². The lowest BCUT2D eigenvalue weighted by Crippen LogP contribution is -2.34. The molecule has 0 amide bonds. The van der Waals surface area contributed by atoms with E-state index < -0.39 is 0 Å². The van der Waals surface area contributed by atoms with Crippen LogP contribution in [-0.2, 0) is 11.8 Å². The summed E-state index contributed by atoms with van der Waals surface area (Å²) in [7, 11) is 3.78. The summed E-state index contributed by atoms with van der Waals surface area (Å²) in [5.74, 6) is 2.10. The number of aromatic nitrogens is 4. The average molecular weight is 384 g/mol. The zero-order valence-electron chi connectivity index (χ0n) is 16.6. The van der Waals surface area contributed by atoms with Crippen LogP contribution in [0.4, 0.5) is 5.82 Å². The molecule has 0 radical (unpaired) electrons. The van der Waals surface area contributed by atoms with E-state index in [2.05, 4.69) is 43.1 Å². The van der Waals surface area contributed by atoms with Crippen molar-refractivity contribution in [3.8, 4) is 0 Å². The van der Waals surface area contributed by atoms with Crippen LogP contribution < -0.4 is 15.8 Å². The van der Waals surface area contributed by atoms with Gasteiger partial charge in [-0.05, 0) is 43.1 Å². The van der Waals surface area contributed by atoms with E-state index in [1.165, 1.54) is 18.4 Å². The minimum absolute atomic E-state index is 0.215. The van der Waals surface area contributed by atoms with Crippen molar-refractivity contribution >= 4 is 5.82 Å². The third-order valence-corrected chi connectivity index (χ3v) is 6.74. The highest BCUT2D eigenvalue weighted by atomic mass is 16.5. The van der Waals surface area contributed by atoms with Crippen molar-refractivity contribution in [3.63, 3.8) is 0 Å². The number of nitrogens with zero attached hydrogens (tertiary/aromatic N) is 5. The Morgan fingerprint density at radius 2 is 2.11 bits per heavy atom. The summed E-state index contributed by atoms with van der Waals surface area (Å²) in [5, 5.41) is 4.37. The summed E-state index contributed by atoms with van der Waals surface area (Å²) in [6.45, 7) is 1.89. The van der Waals surface area contributed by atoms with Crippen LogP contribution in [0.25, 0.3) is 0 Å². The third-order valence-electron chi connectivity index (χ3n) is 6.74. The summed E-state index contributed by atoms with van der Waals surface area (Å²) in [6.07, 6.45) is 10.8. The molecule has 2 N–H and O–H groups in total. The first-order valence-electron chi connectivity index (χ1n) is 10.3. The highest BCUT2D eigenvalue weighted by Crippen LogP contribution is 2.43. The Bertz CT molecular complexity index is 824. The molecule has 0 spiro atoms. The second-order valence-corrected chi connectivity index (χ2v) is 8.39. The van der Waals surface area contributed by atoms with Crippen molar-refractivity contribution in [2.75, 3.05) is 25.1 Å². The van der Waals surface area contributed by atoms with E-state index in [0.717, 1.165) is 37.4 Å². The van der Waals surface area contributed by atoms with Gasteiger partial charge in [0.1, 0.15) is 12.1 Å². The van der Waals surface area contributed by atoms with Gasteiger partial charge in [-0.25, -0.2) is 15.4 Å². The average Bonchev–Trinajstić information content (AvgIpc) is 3.46. The monoisotopic (exact) mass is 383 g/mol. The number of hydrazine groups is 1. The Morgan fingerprint density at radius 1 is 1.18 bits per heavy atom. The van der Waals surface area contributed by atoms with Crippen LogP contribution in [0.1, 0.15) is 48.9 Å². The van der Waals surface area contributed by atoms with E-state index in [4.69, 9.17) is 4.74 Å². The number of fused-ring (bicyclic) bond motifs is 1. The molecular weight excluding hydrogens is 354 g/mol. The fraction of sp³-hybridized carbons (Fsp3) is 0.650. The number of aryl methyl sites for hydroxylation is 1. The van der Waals surface area contributed by atoms with Crippen LogP contribution in [0.15, 0.2) is 24.8 Å². The molecule has 3 fully saturated rings. The number of nitrogens with one attached hydrogen (secondary N) is 2. The molecule has 2 saturated heterocycles. The van der Waals surface area contributed by atoms with Gasteiger partial charge in [0.25, 0.3) is 0 Å². The van der Waals surface area contributed by atoms with Gasteiger partial charge >= 0.3 is 0 Å². The minimum atomic E-state index is 0.215. The molecule has 0 aromatic carbocycles. The first kappa shape index (κ1) is 18.0. The van der Waals surface area contributed by atoms with Gasteiger partial charge < -0.3 is 9.64 Å². The van der Waals surface area contributed by atoms with Crippen LogP contribution in [0.5, 0.6) is 0 Å². The Kier molecular flexibility index (Phi) is 4.78. The fourth-order valence-corrected chi connectivity index (χ4v) is 5.14. The molecule has 2 aliphatic heterocycles. The molecule has 5 rings (SSSR count). The first-order valence-corrected chi connectivity index (χ1v) is 10.3. The highest BCUT2D eigenvalue weighted by molar-refractivity contribution is 5.41. The molecule has 1 saturated carbocycles. The lowest BCUT2D eigenvalue weighted by Gasteiger charge is -2.32. The summed E-state index contributed by atoms with van der Waals surface area (Å²) < 4.78 is 7.41.